The Hall–Kier alpha value is -2.09. The molecule has 3 N–H and O–H groups in total. The van der Waals surface area contributed by atoms with Crippen molar-refractivity contribution >= 4 is 11.6 Å². The Kier molecular flexibility index (Phi) is 3.78. The van der Waals surface area contributed by atoms with E-state index < -0.39 is 0 Å². The topological polar surface area (TPSA) is 91.8 Å². The van der Waals surface area contributed by atoms with Gasteiger partial charge in [-0.3, -0.25) is 9.78 Å². The molecule has 2 rings (SSSR count). The molecule has 1 aromatic heterocycles. The maximum Gasteiger partial charge on any atom is 0.220 e. The van der Waals surface area contributed by atoms with E-state index in [0.29, 0.717) is 5.56 Å². The molecule has 0 radical (unpaired) electrons. The Morgan fingerprint density at radius 2 is 2.17 bits per heavy atom. The number of hydrogen-bond acceptors (Lipinski definition) is 4. The van der Waals surface area contributed by atoms with E-state index >= 15 is 0 Å². The number of anilines is 1. The second kappa shape index (κ2) is 5.50. The number of nitrogens with one attached hydrogen (secondary N) is 1. The average Bonchev–Trinajstić information content (AvgIpc) is 2.40. The van der Waals surface area contributed by atoms with Crippen LogP contribution in [0.15, 0.2) is 18.5 Å². The van der Waals surface area contributed by atoms with E-state index in [1.54, 1.807) is 18.5 Å². The third-order valence-corrected chi connectivity index (χ3v) is 3.43. The molecular weight excluding hydrogens is 228 g/mol. The Bertz CT molecular complexity index is 472. The van der Waals surface area contributed by atoms with Crippen molar-refractivity contribution in [3.63, 3.8) is 0 Å². The van der Waals surface area contributed by atoms with Crippen molar-refractivity contribution in [2.45, 2.75) is 31.7 Å². The summed E-state index contributed by atoms with van der Waals surface area (Å²) < 4.78 is 0. The molecule has 1 aliphatic carbocycles. The Morgan fingerprint density at radius 1 is 1.44 bits per heavy atom. The zero-order chi connectivity index (χ0) is 13.0. The van der Waals surface area contributed by atoms with E-state index in [0.717, 1.165) is 31.4 Å². The van der Waals surface area contributed by atoms with E-state index in [2.05, 4.69) is 16.4 Å². The number of rotatable bonds is 3. The number of carbonyl (C=O) groups is 1. The van der Waals surface area contributed by atoms with Gasteiger partial charge < -0.3 is 11.1 Å². The normalized spacial score (nSPS) is 23.1. The van der Waals surface area contributed by atoms with Gasteiger partial charge in [0.25, 0.3) is 0 Å². The summed E-state index contributed by atoms with van der Waals surface area (Å²) in [6.45, 7) is 0. The highest BCUT2D eigenvalue weighted by Gasteiger charge is 2.24. The average molecular weight is 244 g/mol. The number of pyridine rings is 1. The summed E-state index contributed by atoms with van der Waals surface area (Å²) in [5, 5.41) is 12.3. The van der Waals surface area contributed by atoms with Gasteiger partial charge in [-0.1, -0.05) is 0 Å². The number of carbonyl (C=O) groups excluding carboxylic acids is 1. The first-order valence-electron chi connectivity index (χ1n) is 6.10. The van der Waals surface area contributed by atoms with E-state index in [-0.39, 0.29) is 17.9 Å². The van der Waals surface area contributed by atoms with Crippen LogP contribution in [0.4, 0.5) is 5.69 Å². The standard InChI is InChI=1S/C13H16N4O/c14-7-10-5-6-16-8-12(10)17-11-3-1-9(2-4-11)13(15)18/h5-6,8-9,11,17H,1-4H2,(H2,15,18). The summed E-state index contributed by atoms with van der Waals surface area (Å²) in [6, 6.07) is 4.12. The van der Waals surface area contributed by atoms with Crippen LogP contribution in [0.25, 0.3) is 0 Å². The minimum absolute atomic E-state index is 0.00684. The molecule has 5 heteroatoms. The molecule has 0 unspecified atom stereocenters. The number of hydrogen-bond donors (Lipinski definition) is 2. The summed E-state index contributed by atoms with van der Waals surface area (Å²) in [5.74, 6) is -0.195. The molecule has 0 spiro atoms. The molecule has 1 amide bonds. The predicted octanol–water partition coefficient (Wildman–Crippen LogP) is 1.41. The van der Waals surface area contributed by atoms with Crippen molar-refractivity contribution in [2.75, 3.05) is 5.32 Å². The molecule has 94 valence electrons. The van der Waals surface area contributed by atoms with E-state index in [4.69, 9.17) is 11.0 Å². The fourth-order valence-electron chi connectivity index (χ4n) is 2.35. The number of nitrogens with zero attached hydrogens (tertiary/aromatic N) is 2. The van der Waals surface area contributed by atoms with Gasteiger partial charge in [0.2, 0.25) is 5.91 Å². The Morgan fingerprint density at radius 3 is 2.78 bits per heavy atom. The summed E-state index contributed by atoms with van der Waals surface area (Å²) >= 11 is 0. The van der Waals surface area contributed by atoms with Gasteiger partial charge in [0.1, 0.15) is 6.07 Å². The molecule has 0 saturated heterocycles. The van der Waals surface area contributed by atoms with Crippen LogP contribution >= 0.6 is 0 Å². The number of primary amides is 1. The Labute approximate surface area is 106 Å². The fraction of sp³-hybridized carbons (Fsp3) is 0.462. The van der Waals surface area contributed by atoms with Crippen molar-refractivity contribution in [3.8, 4) is 6.07 Å². The zero-order valence-corrected chi connectivity index (χ0v) is 10.1. The molecule has 0 aromatic carbocycles. The lowest BCUT2D eigenvalue weighted by Gasteiger charge is -2.28. The number of amides is 1. The molecule has 0 atom stereocenters. The van der Waals surface area contributed by atoms with Crippen LogP contribution in [0.1, 0.15) is 31.2 Å². The third kappa shape index (κ3) is 2.77. The first-order chi connectivity index (χ1) is 8.70. The van der Waals surface area contributed by atoms with Crippen LogP contribution in [0, 0.1) is 17.2 Å². The van der Waals surface area contributed by atoms with Gasteiger partial charge in [-0.2, -0.15) is 5.26 Å². The van der Waals surface area contributed by atoms with Crippen molar-refractivity contribution in [1.29, 1.82) is 5.26 Å². The van der Waals surface area contributed by atoms with E-state index in [9.17, 15) is 4.79 Å². The van der Waals surface area contributed by atoms with Gasteiger partial charge in [-0.15, -0.1) is 0 Å². The monoisotopic (exact) mass is 244 g/mol. The minimum atomic E-state index is -0.201. The molecule has 1 saturated carbocycles. The summed E-state index contributed by atoms with van der Waals surface area (Å²) in [5.41, 5.74) is 6.66. The largest absolute Gasteiger partial charge is 0.380 e. The van der Waals surface area contributed by atoms with Gasteiger partial charge in [-0.25, -0.2) is 0 Å². The fourth-order valence-corrected chi connectivity index (χ4v) is 2.35. The van der Waals surface area contributed by atoms with Gasteiger partial charge in [0, 0.05) is 18.2 Å². The molecule has 0 aliphatic heterocycles. The van der Waals surface area contributed by atoms with Gasteiger partial charge >= 0.3 is 0 Å². The number of aromatic nitrogens is 1. The van der Waals surface area contributed by atoms with Crippen LogP contribution in [-0.2, 0) is 4.79 Å². The highest BCUT2D eigenvalue weighted by atomic mass is 16.1. The maximum atomic E-state index is 11.1. The molecular formula is C13H16N4O. The second-order valence-corrected chi connectivity index (χ2v) is 4.63. The highest BCUT2D eigenvalue weighted by Crippen LogP contribution is 2.27. The first kappa shape index (κ1) is 12.4. The SMILES string of the molecule is N#Cc1ccncc1NC1CCC(C(N)=O)CC1. The summed E-state index contributed by atoms with van der Waals surface area (Å²) in [6.07, 6.45) is 6.69. The number of nitriles is 1. The molecule has 0 bridgehead atoms. The lowest BCUT2D eigenvalue weighted by molar-refractivity contribution is -0.122. The van der Waals surface area contributed by atoms with Crippen molar-refractivity contribution in [2.24, 2.45) is 11.7 Å². The van der Waals surface area contributed by atoms with Crippen molar-refractivity contribution in [1.82, 2.24) is 4.98 Å². The molecule has 1 heterocycles. The highest BCUT2D eigenvalue weighted by molar-refractivity contribution is 5.76. The number of nitrogens with two attached hydrogens (primary N) is 1. The maximum absolute atomic E-state index is 11.1. The first-order valence-corrected chi connectivity index (χ1v) is 6.10. The van der Waals surface area contributed by atoms with Crippen LogP contribution in [0.5, 0.6) is 0 Å². The van der Waals surface area contributed by atoms with Crippen LogP contribution in [0.2, 0.25) is 0 Å². The van der Waals surface area contributed by atoms with E-state index in [1.165, 1.54) is 0 Å². The van der Waals surface area contributed by atoms with Crippen molar-refractivity contribution < 1.29 is 4.79 Å². The second-order valence-electron chi connectivity index (χ2n) is 4.63. The van der Waals surface area contributed by atoms with E-state index in [1.807, 2.05) is 0 Å². The molecule has 1 aromatic rings. The lowest BCUT2D eigenvalue weighted by Crippen LogP contribution is -2.32. The predicted molar refractivity (Wildman–Crippen MR) is 67.5 cm³/mol. The zero-order valence-electron chi connectivity index (χ0n) is 10.1. The van der Waals surface area contributed by atoms with Crippen molar-refractivity contribution in [3.05, 3.63) is 24.0 Å². The van der Waals surface area contributed by atoms with Crippen LogP contribution in [-0.4, -0.2) is 16.9 Å². The minimum Gasteiger partial charge on any atom is -0.380 e. The molecule has 5 nitrogen and oxygen atoms in total. The molecule has 18 heavy (non-hydrogen) atoms. The quantitative estimate of drug-likeness (QED) is 0.840. The van der Waals surface area contributed by atoms with Gasteiger partial charge in [-0.05, 0) is 31.7 Å². The third-order valence-electron chi connectivity index (χ3n) is 3.43. The van der Waals surface area contributed by atoms with Crippen LogP contribution < -0.4 is 11.1 Å². The Balaban J connectivity index is 1.96. The summed E-state index contributed by atoms with van der Waals surface area (Å²) in [7, 11) is 0. The molecule has 1 aliphatic rings. The van der Waals surface area contributed by atoms with Gasteiger partial charge in [0.05, 0.1) is 17.4 Å². The molecule has 1 fully saturated rings. The smallest absolute Gasteiger partial charge is 0.220 e. The lowest BCUT2D eigenvalue weighted by atomic mass is 9.85. The van der Waals surface area contributed by atoms with Gasteiger partial charge in [0.15, 0.2) is 0 Å². The van der Waals surface area contributed by atoms with Crippen LogP contribution in [0.3, 0.4) is 0 Å². The summed E-state index contributed by atoms with van der Waals surface area (Å²) in [4.78, 5) is 15.1.